The number of benzene rings is 2. The Morgan fingerprint density at radius 2 is 1.49 bits per heavy atom. The summed E-state index contributed by atoms with van der Waals surface area (Å²) < 4.78 is 5.62. The van der Waals surface area contributed by atoms with E-state index in [4.69, 9.17) is 4.74 Å². The standard InChI is InChI=1S/C30H35N3O6S2/c34-26-18-28(36)39-22-13-7-8-14-40-41-19-25(30(38)32-23(26)15-20-9-3-1-4-10-20)33-29(37)24(31-27(35)17-22)16-21-11-5-2-6-12-21/h1-7,9-13,22-26,34H,8,14-19H2,(H,31,35)(H,32,38)(H,33,37)/b13-7-/t22-,23-,24-,25-,26+/m1/s1. The molecule has 0 unspecified atom stereocenters. The van der Waals surface area contributed by atoms with Crippen molar-refractivity contribution in [2.45, 2.75) is 62.4 Å². The van der Waals surface area contributed by atoms with Gasteiger partial charge in [-0.15, -0.1) is 0 Å². The van der Waals surface area contributed by atoms with Gasteiger partial charge in [0.1, 0.15) is 18.2 Å². The highest BCUT2D eigenvalue weighted by molar-refractivity contribution is 8.76. The van der Waals surface area contributed by atoms with Crippen molar-refractivity contribution >= 4 is 45.3 Å². The first-order valence-electron chi connectivity index (χ1n) is 13.6. The maximum absolute atomic E-state index is 13.6. The quantitative estimate of drug-likeness (QED) is 0.240. The fourth-order valence-corrected chi connectivity index (χ4v) is 6.76. The molecule has 1 saturated heterocycles. The Kier molecular flexibility index (Phi) is 11.7. The van der Waals surface area contributed by atoms with Crippen molar-refractivity contribution in [3.63, 3.8) is 0 Å². The van der Waals surface area contributed by atoms with Gasteiger partial charge in [0, 0.05) is 17.9 Å². The van der Waals surface area contributed by atoms with Gasteiger partial charge in [0.25, 0.3) is 0 Å². The fourth-order valence-electron chi connectivity index (χ4n) is 4.60. The Balaban J connectivity index is 1.68. The molecule has 2 aromatic carbocycles. The molecule has 5 atom stereocenters. The third-order valence-corrected chi connectivity index (χ3v) is 9.19. The van der Waals surface area contributed by atoms with E-state index in [0.717, 1.165) is 16.9 Å². The first kappa shape index (κ1) is 30.7. The van der Waals surface area contributed by atoms with Gasteiger partial charge in [0.05, 0.1) is 25.0 Å². The molecule has 0 spiro atoms. The molecule has 0 aromatic heterocycles. The van der Waals surface area contributed by atoms with E-state index in [9.17, 15) is 24.3 Å². The first-order valence-corrected chi connectivity index (χ1v) is 16.1. The predicted octanol–water partition coefficient (Wildman–Crippen LogP) is 2.33. The van der Waals surface area contributed by atoms with Crippen LogP contribution < -0.4 is 16.0 Å². The topological polar surface area (TPSA) is 134 Å². The molecule has 218 valence electrons. The van der Waals surface area contributed by atoms with Gasteiger partial charge in [-0.3, -0.25) is 19.2 Å². The normalized spacial score (nSPS) is 27.6. The number of esters is 1. The van der Waals surface area contributed by atoms with E-state index in [-0.39, 0.29) is 31.4 Å². The minimum atomic E-state index is -1.26. The number of hydrogen-bond acceptors (Lipinski definition) is 8. The van der Waals surface area contributed by atoms with Crippen molar-refractivity contribution in [1.82, 2.24) is 16.0 Å². The van der Waals surface area contributed by atoms with Crippen molar-refractivity contribution in [3.8, 4) is 0 Å². The number of aliphatic hydroxyl groups is 1. The molecule has 9 nitrogen and oxygen atoms in total. The lowest BCUT2D eigenvalue weighted by Crippen LogP contribution is -2.57. The molecule has 0 saturated carbocycles. The number of amides is 3. The van der Waals surface area contributed by atoms with E-state index in [1.807, 2.05) is 66.7 Å². The summed E-state index contributed by atoms with van der Waals surface area (Å²) in [6, 6.07) is 15.9. The van der Waals surface area contributed by atoms with Gasteiger partial charge in [-0.05, 0) is 30.0 Å². The number of rotatable bonds is 4. The van der Waals surface area contributed by atoms with Crippen LogP contribution in [0.3, 0.4) is 0 Å². The van der Waals surface area contributed by atoms with Gasteiger partial charge in [-0.2, -0.15) is 0 Å². The van der Waals surface area contributed by atoms with Crippen LogP contribution in [0.5, 0.6) is 0 Å². The fraction of sp³-hybridized carbons (Fsp3) is 0.400. The van der Waals surface area contributed by atoms with Crippen molar-refractivity contribution in [2.24, 2.45) is 0 Å². The van der Waals surface area contributed by atoms with Gasteiger partial charge >= 0.3 is 5.97 Å². The molecule has 2 aliphatic heterocycles. The molecular weight excluding hydrogens is 562 g/mol. The molecule has 1 fully saturated rings. The Bertz CT molecular complexity index is 1210. The molecule has 2 bridgehead atoms. The van der Waals surface area contributed by atoms with Crippen molar-refractivity contribution < 1.29 is 29.0 Å². The summed E-state index contributed by atoms with van der Waals surface area (Å²) in [4.78, 5) is 53.2. The monoisotopic (exact) mass is 597 g/mol. The van der Waals surface area contributed by atoms with E-state index in [1.165, 1.54) is 10.8 Å². The number of nitrogens with one attached hydrogen (secondary N) is 3. The molecule has 0 radical (unpaired) electrons. The van der Waals surface area contributed by atoms with Gasteiger partial charge < -0.3 is 25.8 Å². The number of allylic oxidation sites excluding steroid dienone is 1. The second-order valence-corrected chi connectivity index (χ2v) is 12.6. The lowest BCUT2D eigenvalue weighted by Gasteiger charge is -2.27. The molecule has 4 rings (SSSR count). The van der Waals surface area contributed by atoms with Crippen molar-refractivity contribution in [3.05, 3.63) is 83.9 Å². The zero-order valence-electron chi connectivity index (χ0n) is 22.6. The highest BCUT2D eigenvalue weighted by Crippen LogP contribution is 2.24. The lowest BCUT2D eigenvalue weighted by molar-refractivity contribution is -0.151. The molecular formula is C30H35N3O6S2. The molecule has 2 aromatic rings. The van der Waals surface area contributed by atoms with E-state index in [0.29, 0.717) is 6.42 Å². The Morgan fingerprint density at radius 1 is 0.805 bits per heavy atom. The van der Waals surface area contributed by atoms with Crippen LogP contribution in [0, 0.1) is 0 Å². The highest BCUT2D eigenvalue weighted by Gasteiger charge is 2.32. The van der Waals surface area contributed by atoms with Gasteiger partial charge in [-0.25, -0.2) is 0 Å². The summed E-state index contributed by atoms with van der Waals surface area (Å²) in [5.41, 5.74) is 1.70. The minimum absolute atomic E-state index is 0.188. The highest BCUT2D eigenvalue weighted by atomic mass is 33.1. The van der Waals surface area contributed by atoms with Crippen molar-refractivity contribution in [2.75, 3.05) is 11.5 Å². The molecule has 0 aliphatic carbocycles. The zero-order chi connectivity index (χ0) is 29.0. The number of ether oxygens (including phenoxy) is 1. The molecule has 41 heavy (non-hydrogen) atoms. The van der Waals surface area contributed by atoms with Crippen molar-refractivity contribution in [1.29, 1.82) is 0 Å². The van der Waals surface area contributed by atoms with E-state index < -0.39 is 54.0 Å². The Hall–Kier alpha value is -3.28. The third kappa shape index (κ3) is 9.94. The predicted molar refractivity (Wildman–Crippen MR) is 160 cm³/mol. The molecule has 2 aliphatic rings. The molecule has 11 heteroatoms. The van der Waals surface area contributed by atoms with Crippen LogP contribution in [0.2, 0.25) is 0 Å². The van der Waals surface area contributed by atoms with Gasteiger partial charge in [-0.1, -0.05) is 88.3 Å². The maximum Gasteiger partial charge on any atom is 0.309 e. The number of carbonyl (C=O) groups excluding carboxylic acids is 4. The average Bonchev–Trinajstić information content (AvgIpc) is 2.95. The second kappa shape index (κ2) is 15.6. The number of fused-ring (bicyclic) bond motifs is 7. The van der Waals surface area contributed by atoms with Gasteiger partial charge in [0.15, 0.2) is 0 Å². The lowest BCUT2D eigenvalue weighted by atomic mass is 9.98. The van der Waals surface area contributed by atoms with E-state index >= 15 is 0 Å². The second-order valence-electron chi connectivity index (χ2n) is 10.0. The molecule has 4 N–H and O–H groups in total. The number of carbonyl (C=O) groups is 4. The third-order valence-electron chi connectivity index (χ3n) is 6.74. The maximum atomic E-state index is 13.6. The molecule has 3 amide bonds. The average molecular weight is 598 g/mol. The SMILES string of the molecule is O=C1C[C@H]2/C=C\CCSSC[C@@H](NC(=O)[C@@H](Cc3ccccc3)N1)C(=O)N[C@H](Cc1ccccc1)[C@@H](O)CC(=O)O2. The van der Waals surface area contributed by atoms with Crippen LogP contribution in [0.15, 0.2) is 72.8 Å². The summed E-state index contributed by atoms with van der Waals surface area (Å²) in [7, 11) is 3.02. The summed E-state index contributed by atoms with van der Waals surface area (Å²) in [6.07, 6.45) is 1.98. The number of hydrogen-bond donors (Lipinski definition) is 4. The van der Waals surface area contributed by atoms with Gasteiger partial charge in [0.2, 0.25) is 17.7 Å². The summed E-state index contributed by atoms with van der Waals surface area (Å²) in [5.74, 6) is -1.14. The van der Waals surface area contributed by atoms with E-state index in [2.05, 4.69) is 16.0 Å². The van der Waals surface area contributed by atoms with Crippen LogP contribution in [-0.4, -0.2) is 70.6 Å². The van der Waals surface area contributed by atoms with E-state index in [1.54, 1.807) is 16.9 Å². The Labute approximate surface area is 247 Å². The summed E-state index contributed by atoms with van der Waals surface area (Å²) >= 11 is 0. The Morgan fingerprint density at radius 3 is 2.20 bits per heavy atom. The summed E-state index contributed by atoms with van der Waals surface area (Å²) in [5, 5.41) is 19.6. The smallest absolute Gasteiger partial charge is 0.309 e. The van der Waals surface area contributed by atoms with Crippen LogP contribution in [0.25, 0.3) is 0 Å². The van der Waals surface area contributed by atoms with Crippen LogP contribution in [0.4, 0.5) is 0 Å². The summed E-state index contributed by atoms with van der Waals surface area (Å²) in [6.45, 7) is 0. The van der Waals surface area contributed by atoms with Crippen LogP contribution in [0.1, 0.15) is 30.4 Å². The first-order chi connectivity index (χ1) is 19.9. The largest absolute Gasteiger partial charge is 0.457 e. The minimum Gasteiger partial charge on any atom is -0.457 e. The zero-order valence-corrected chi connectivity index (χ0v) is 24.2. The molecule has 2 heterocycles. The van der Waals surface area contributed by atoms with Crippen LogP contribution >= 0.6 is 21.6 Å². The number of aliphatic hydroxyl groups excluding tert-OH is 1. The van der Waals surface area contributed by atoms with Crippen LogP contribution in [-0.2, 0) is 36.8 Å².